The maximum absolute atomic E-state index is 12.4. The monoisotopic (exact) mass is 289 g/mol. The van der Waals surface area contributed by atoms with E-state index >= 15 is 0 Å². The molecule has 1 saturated heterocycles. The molecule has 0 amide bonds. The zero-order chi connectivity index (χ0) is 14.8. The van der Waals surface area contributed by atoms with Gasteiger partial charge in [-0.25, -0.2) is 0 Å². The van der Waals surface area contributed by atoms with Crippen molar-refractivity contribution in [1.82, 2.24) is 9.80 Å². The third-order valence-electron chi connectivity index (χ3n) is 3.31. The molecule has 1 aliphatic heterocycles. The van der Waals surface area contributed by atoms with Gasteiger partial charge in [-0.2, -0.15) is 0 Å². The van der Waals surface area contributed by atoms with Crippen LogP contribution in [0.25, 0.3) is 0 Å². The van der Waals surface area contributed by atoms with E-state index in [0.29, 0.717) is 12.1 Å². The van der Waals surface area contributed by atoms with E-state index in [9.17, 15) is 13.2 Å². The van der Waals surface area contributed by atoms with E-state index in [-0.39, 0.29) is 11.4 Å². The van der Waals surface area contributed by atoms with E-state index in [1.807, 2.05) is 7.05 Å². The van der Waals surface area contributed by atoms with Gasteiger partial charge in [-0.05, 0) is 13.1 Å². The first-order valence-electron chi connectivity index (χ1n) is 6.38. The third-order valence-corrected chi connectivity index (χ3v) is 3.31. The average molecular weight is 289 g/mol. The molecule has 0 spiro atoms. The summed E-state index contributed by atoms with van der Waals surface area (Å²) < 4.78 is 41.3. The number of benzene rings is 1. The lowest BCUT2D eigenvalue weighted by Crippen LogP contribution is -2.43. The van der Waals surface area contributed by atoms with Gasteiger partial charge in [-0.3, -0.25) is 4.90 Å². The van der Waals surface area contributed by atoms with Crippen LogP contribution in [0, 0.1) is 0 Å². The number of hydrogen-bond donors (Lipinski definition) is 1. The Labute approximate surface area is 115 Å². The van der Waals surface area contributed by atoms with Gasteiger partial charge in [0, 0.05) is 50.0 Å². The molecule has 0 saturated carbocycles. The molecule has 1 fully saturated rings. The summed E-state index contributed by atoms with van der Waals surface area (Å²) in [6, 6.07) is 4.41. The fourth-order valence-electron chi connectivity index (χ4n) is 2.17. The van der Waals surface area contributed by atoms with Crippen molar-refractivity contribution < 1.29 is 17.9 Å². The molecule has 1 aromatic carbocycles. The molecule has 0 aromatic heterocycles. The molecule has 0 unspecified atom stereocenters. The molecule has 20 heavy (non-hydrogen) atoms. The van der Waals surface area contributed by atoms with Crippen LogP contribution in [0.1, 0.15) is 5.56 Å². The Morgan fingerprint density at radius 2 is 1.85 bits per heavy atom. The Morgan fingerprint density at radius 1 is 1.20 bits per heavy atom. The summed E-state index contributed by atoms with van der Waals surface area (Å²) in [6.45, 7) is 3.90. The lowest BCUT2D eigenvalue weighted by Gasteiger charge is -2.32. The number of piperazine rings is 1. The summed E-state index contributed by atoms with van der Waals surface area (Å²) in [4.78, 5) is 4.29. The molecule has 1 heterocycles. The highest BCUT2D eigenvalue weighted by molar-refractivity contribution is 5.48. The van der Waals surface area contributed by atoms with E-state index in [1.54, 1.807) is 12.1 Å². The second-order valence-electron chi connectivity index (χ2n) is 4.99. The SMILES string of the molecule is CN1CCN(Cc2ccc(N)cc2OC(F)(F)F)CC1. The van der Waals surface area contributed by atoms with Gasteiger partial charge < -0.3 is 15.4 Å². The molecule has 2 rings (SSSR count). The van der Waals surface area contributed by atoms with Crippen LogP contribution in [-0.2, 0) is 6.54 Å². The third kappa shape index (κ3) is 4.28. The molecule has 2 N–H and O–H groups in total. The number of anilines is 1. The van der Waals surface area contributed by atoms with Crippen LogP contribution in [0.3, 0.4) is 0 Å². The smallest absolute Gasteiger partial charge is 0.405 e. The van der Waals surface area contributed by atoms with E-state index in [2.05, 4.69) is 14.5 Å². The van der Waals surface area contributed by atoms with Crippen LogP contribution in [0.15, 0.2) is 18.2 Å². The average Bonchev–Trinajstić information content (AvgIpc) is 2.33. The second kappa shape index (κ2) is 5.88. The van der Waals surface area contributed by atoms with E-state index in [4.69, 9.17) is 5.73 Å². The maximum Gasteiger partial charge on any atom is 0.573 e. The Bertz CT molecular complexity index is 457. The molecular formula is C13H18F3N3O. The van der Waals surface area contributed by atoms with Crippen LogP contribution < -0.4 is 10.5 Å². The van der Waals surface area contributed by atoms with Crippen molar-refractivity contribution in [3.05, 3.63) is 23.8 Å². The van der Waals surface area contributed by atoms with Crippen LogP contribution in [0.5, 0.6) is 5.75 Å². The quantitative estimate of drug-likeness (QED) is 0.863. The zero-order valence-corrected chi connectivity index (χ0v) is 11.3. The summed E-state index contributed by atoms with van der Waals surface area (Å²) in [5.74, 6) is -0.212. The highest BCUT2D eigenvalue weighted by Crippen LogP contribution is 2.29. The van der Waals surface area contributed by atoms with Gasteiger partial charge in [-0.15, -0.1) is 13.2 Å². The van der Waals surface area contributed by atoms with Gasteiger partial charge in [-0.1, -0.05) is 6.07 Å². The summed E-state index contributed by atoms with van der Waals surface area (Å²) >= 11 is 0. The van der Waals surface area contributed by atoms with Gasteiger partial charge >= 0.3 is 6.36 Å². The van der Waals surface area contributed by atoms with E-state index in [1.165, 1.54) is 6.07 Å². The van der Waals surface area contributed by atoms with Crippen LogP contribution in [0.4, 0.5) is 18.9 Å². The lowest BCUT2D eigenvalue weighted by atomic mass is 10.1. The van der Waals surface area contributed by atoms with Crippen LogP contribution >= 0.6 is 0 Å². The number of alkyl halides is 3. The molecule has 0 aliphatic carbocycles. The summed E-state index contributed by atoms with van der Waals surface area (Å²) in [5, 5.41) is 0. The Hall–Kier alpha value is -1.47. The number of nitrogen functional groups attached to an aromatic ring is 1. The highest BCUT2D eigenvalue weighted by Gasteiger charge is 2.32. The number of ether oxygens (including phenoxy) is 1. The first-order chi connectivity index (χ1) is 9.33. The second-order valence-corrected chi connectivity index (χ2v) is 4.99. The largest absolute Gasteiger partial charge is 0.573 e. The van der Waals surface area contributed by atoms with Crippen molar-refractivity contribution in [2.75, 3.05) is 39.0 Å². The topological polar surface area (TPSA) is 41.7 Å². The van der Waals surface area contributed by atoms with E-state index < -0.39 is 6.36 Å². The van der Waals surface area contributed by atoms with Crippen LogP contribution in [0.2, 0.25) is 0 Å². The lowest BCUT2D eigenvalue weighted by molar-refractivity contribution is -0.275. The normalized spacial score (nSPS) is 18.2. The number of halogens is 3. The molecular weight excluding hydrogens is 271 g/mol. The fourth-order valence-corrected chi connectivity index (χ4v) is 2.17. The minimum atomic E-state index is -4.70. The Balaban J connectivity index is 2.10. The Kier molecular flexibility index (Phi) is 4.39. The molecule has 112 valence electrons. The molecule has 1 aromatic rings. The number of likely N-dealkylation sites (N-methyl/N-ethyl adjacent to an activating group) is 1. The van der Waals surface area contributed by atoms with E-state index in [0.717, 1.165) is 26.2 Å². The van der Waals surface area contributed by atoms with Gasteiger partial charge in [0.2, 0.25) is 0 Å². The summed E-state index contributed by atoms with van der Waals surface area (Å²) in [7, 11) is 2.03. The van der Waals surface area contributed by atoms with Gasteiger partial charge in [0.25, 0.3) is 0 Å². The van der Waals surface area contributed by atoms with Crippen molar-refractivity contribution in [2.24, 2.45) is 0 Å². The highest BCUT2D eigenvalue weighted by atomic mass is 19.4. The predicted octanol–water partition coefficient (Wildman–Crippen LogP) is 1.91. The van der Waals surface area contributed by atoms with Crippen molar-refractivity contribution in [3.8, 4) is 5.75 Å². The van der Waals surface area contributed by atoms with Crippen molar-refractivity contribution >= 4 is 5.69 Å². The number of nitrogens with two attached hydrogens (primary N) is 1. The predicted molar refractivity (Wildman–Crippen MR) is 70.3 cm³/mol. The maximum atomic E-state index is 12.4. The molecule has 0 radical (unpaired) electrons. The van der Waals surface area contributed by atoms with Gasteiger partial charge in [0.15, 0.2) is 0 Å². The molecule has 0 bridgehead atoms. The summed E-state index contributed by atoms with van der Waals surface area (Å²) in [5.41, 5.74) is 6.29. The fraction of sp³-hybridized carbons (Fsp3) is 0.538. The number of nitrogens with zero attached hydrogens (tertiary/aromatic N) is 2. The molecule has 4 nitrogen and oxygen atoms in total. The first kappa shape index (κ1) is 14.9. The molecule has 1 aliphatic rings. The number of rotatable bonds is 3. The minimum Gasteiger partial charge on any atom is -0.405 e. The number of hydrogen-bond acceptors (Lipinski definition) is 4. The van der Waals surface area contributed by atoms with Crippen molar-refractivity contribution in [2.45, 2.75) is 12.9 Å². The van der Waals surface area contributed by atoms with Crippen molar-refractivity contribution in [3.63, 3.8) is 0 Å². The minimum absolute atomic E-state index is 0.212. The molecule has 0 atom stereocenters. The standard InChI is InChI=1S/C13H18F3N3O/c1-18-4-6-19(7-5-18)9-10-2-3-11(17)8-12(10)20-13(14,15)16/h2-3,8H,4-7,9,17H2,1H3. The molecule has 7 heteroatoms. The van der Waals surface area contributed by atoms with Crippen LogP contribution in [-0.4, -0.2) is 49.4 Å². The summed E-state index contributed by atoms with van der Waals surface area (Å²) in [6.07, 6.45) is -4.70. The van der Waals surface area contributed by atoms with Gasteiger partial charge in [0.05, 0.1) is 0 Å². The zero-order valence-electron chi connectivity index (χ0n) is 11.3. The van der Waals surface area contributed by atoms with Crippen molar-refractivity contribution in [1.29, 1.82) is 0 Å². The van der Waals surface area contributed by atoms with Gasteiger partial charge in [0.1, 0.15) is 5.75 Å². The first-order valence-corrected chi connectivity index (χ1v) is 6.38. The Morgan fingerprint density at radius 3 is 2.45 bits per heavy atom.